The third-order valence-corrected chi connectivity index (χ3v) is 3.85. The molecule has 0 bridgehead atoms. The highest BCUT2D eigenvalue weighted by molar-refractivity contribution is 5.92. The van der Waals surface area contributed by atoms with Crippen molar-refractivity contribution in [3.05, 3.63) is 71.8 Å². The molecule has 0 aliphatic rings. The van der Waals surface area contributed by atoms with Crippen molar-refractivity contribution in [3.63, 3.8) is 0 Å². The molecule has 0 radical (unpaired) electrons. The third kappa shape index (κ3) is 5.85. The van der Waals surface area contributed by atoms with E-state index >= 15 is 0 Å². The van der Waals surface area contributed by atoms with Crippen molar-refractivity contribution in [2.75, 3.05) is 0 Å². The molecule has 1 unspecified atom stereocenters. The summed E-state index contributed by atoms with van der Waals surface area (Å²) < 4.78 is 5.10. The minimum Gasteiger partial charge on any atom is -0.479 e. The Bertz CT molecular complexity index is 791. The van der Waals surface area contributed by atoms with Gasteiger partial charge in [0.25, 0.3) is 0 Å². The van der Waals surface area contributed by atoms with Crippen molar-refractivity contribution >= 4 is 18.0 Å². The largest absolute Gasteiger partial charge is 0.479 e. The van der Waals surface area contributed by atoms with Gasteiger partial charge >= 0.3 is 12.1 Å². The number of hydrogen-bond acceptors (Lipinski definition) is 4. The van der Waals surface area contributed by atoms with E-state index in [4.69, 9.17) is 4.74 Å². The maximum absolute atomic E-state index is 12.5. The van der Waals surface area contributed by atoms with E-state index in [0.29, 0.717) is 5.56 Å². The van der Waals surface area contributed by atoms with Crippen molar-refractivity contribution in [3.8, 4) is 0 Å². The van der Waals surface area contributed by atoms with E-state index in [1.807, 2.05) is 30.3 Å². The number of carbonyl (C=O) groups excluding carboxylic acids is 2. The summed E-state index contributed by atoms with van der Waals surface area (Å²) in [7, 11) is 0. The predicted molar refractivity (Wildman–Crippen MR) is 98.8 cm³/mol. The molecule has 27 heavy (non-hydrogen) atoms. The summed E-state index contributed by atoms with van der Waals surface area (Å²) in [5, 5.41) is 14.3. The summed E-state index contributed by atoms with van der Waals surface area (Å²) in [4.78, 5) is 36.0. The van der Waals surface area contributed by atoms with Gasteiger partial charge in [0.15, 0.2) is 6.04 Å². The van der Waals surface area contributed by atoms with Gasteiger partial charge in [-0.1, -0.05) is 60.7 Å². The SMILES string of the molecule is CC(C)(NC(=O)OCc1ccccc1)C(=O)NC(C(=O)O)c1ccccc1. The molecule has 2 amide bonds. The van der Waals surface area contributed by atoms with Crippen molar-refractivity contribution in [2.24, 2.45) is 0 Å². The van der Waals surface area contributed by atoms with Crippen LogP contribution in [0.3, 0.4) is 0 Å². The van der Waals surface area contributed by atoms with E-state index in [1.165, 1.54) is 13.8 Å². The van der Waals surface area contributed by atoms with E-state index in [-0.39, 0.29) is 6.61 Å². The zero-order valence-electron chi connectivity index (χ0n) is 15.1. The molecule has 7 nitrogen and oxygen atoms in total. The van der Waals surface area contributed by atoms with Crippen molar-refractivity contribution in [2.45, 2.75) is 32.0 Å². The highest BCUT2D eigenvalue weighted by Crippen LogP contribution is 2.15. The number of rotatable bonds is 7. The minimum atomic E-state index is -1.36. The van der Waals surface area contributed by atoms with Crippen LogP contribution in [0, 0.1) is 0 Å². The first kappa shape index (κ1) is 20.0. The normalized spacial score (nSPS) is 11.9. The molecule has 7 heteroatoms. The molecule has 1 atom stereocenters. The molecule has 0 saturated carbocycles. The Hall–Kier alpha value is -3.35. The number of carboxylic acids is 1. The Morgan fingerprint density at radius 2 is 1.56 bits per heavy atom. The second kappa shape index (κ2) is 8.84. The summed E-state index contributed by atoms with van der Waals surface area (Å²) >= 11 is 0. The summed E-state index contributed by atoms with van der Waals surface area (Å²) in [6.07, 6.45) is -0.773. The van der Waals surface area contributed by atoms with Gasteiger partial charge in [-0.05, 0) is 25.0 Å². The van der Waals surface area contributed by atoms with E-state index in [9.17, 15) is 19.5 Å². The molecule has 0 aromatic heterocycles. The monoisotopic (exact) mass is 370 g/mol. The van der Waals surface area contributed by atoms with Gasteiger partial charge in [0.05, 0.1) is 0 Å². The molecule has 2 aromatic carbocycles. The Labute approximate surface area is 157 Å². The van der Waals surface area contributed by atoms with Crippen LogP contribution in [0.5, 0.6) is 0 Å². The van der Waals surface area contributed by atoms with Crippen LogP contribution in [0.1, 0.15) is 31.0 Å². The van der Waals surface area contributed by atoms with Gasteiger partial charge in [0.2, 0.25) is 5.91 Å². The fraction of sp³-hybridized carbons (Fsp3) is 0.250. The second-order valence-electron chi connectivity index (χ2n) is 6.47. The zero-order chi connectivity index (χ0) is 19.9. The highest BCUT2D eigenvalue weighted by Gasteiger charge is 2.33. The number of aliphatic carboxylic acids is 1. The molecule has 142 valence electrons. The molecule has 0 spiro atoms. The quantitative estimate of drug-likeness (QED) is 0.695. The van der Waals surface area contributed by atoms with Gasteiger partial charge in [-0.15, -0.1) is 0 Å². The van der Waals surface area contributed by atoms with Gasteiger partial charge in [-0.3, -0.25) is 4.79 Å². The van der Waals surface area contributed by atoms with E-state index in [2.05, 4.69) is 10.6 Å². The molecule has 0 aliphatic heterocycles. The van der Waals surface area contributed by atoms with Crippen LogP contribution in [0.25, 0.3) is 0 Å². The van der Waals surface area contributed by atoms with Gasteiger partial charge < -0.3 is 20.5 Å². The lowest BCUT2D eigenvalue weighted by Gasteiger charge is -2.26. The number of benzene rings is 2. The zero-order valence-corrected chi connectivity index (χ0v) is 15.1. The number of nitrogens with one attached hydrogen (secondary N) is 2. The summed E-state index contributed by atoms with van der Waals surface area (Å²) in [6.45, 7) is 3.00. The molecule has 0 fully saturated rings. The van der Waals surface area contributed by atoms with Gasteiger partial charge in [-0.2, -0.15) is 0 Å². The van der Waals surface area contributed by atoms with Crippen LogP contribution in [-0.4, -0.2) is 28.6 Å². The molecule has 0 aliphatic carbocycles. The maximum atomic E-state index is 12.5. The fourth-order valence-electron chi connectivity index (χ4n) is 2.32. The van der Waals surface area contributed by atoms with Gasteiger partial charge in [0.1, 0.15) is 12.1 Å². The van der Waals surface area contributed by atoms with E-state index in [1.54, 1.807) is 30.3 Å². The standard InChI is InChI=1S/C20H22N2O5/c1-20(2,22-19(26)27-13-14-9-5-3-6-10-14)18(25)21-16(17(23)24)15-11-7-4-8-12-15/h3-12,16H,13H2,1-2H3,(H,21,25)(H,22,26)(H,23,24). The molecule has 3 N–H and O–H groups in total. The third-order valence-electron chi connectivity index (χ3n) is 3.85. The molecular weight excluding hydrogens is 348 g/mol. The lowest BCUT2D eigenvalue weighted by molar-refractivity contribution is -0.142. The van der Waals surface area contributed by atoms with Crippen molar-refractivity contribution < 1.29 is 24.2 Å². The lowest BCUT2D eigenvalue weighted by Crippen LogP contribution is -2.56. The van der Waals surface area contributed by atoms with Crippen LogP contribution in [0.2, 0.25) is 0 Å². The summed E-state index contributed by atoms with van der Waals surface area (Å²) in [6, 6.07) is 16.2. The van der Waals surface area contributed by atoms with E-state index in [0.717, 1.165) is 5.56 Å². The van der Waals surface area contributed by atoms with E-state index < -0.39 is 29.6 Å². The molecule has 0 heterocycles. The lowest BCUT2D eigenvalue weighted by atomic mass is 10.0. The molecule has 0 saturated heterocycles. The van der Waals surface area contributed by atoms with Crippen molar-refractivity contribution in [1.29, 1.82) is 0 Å². The second-order valence-corrected chi connectivity index (χ2v) is 6.47. The van der Waals surface area contributed by atoms with Crippen LogP contribution < -0.4 is 10.6 Å². The molecular formula is C20H22N2O5. The number of ether oxygens (including phenoxy) is 1. The number of carbonyl (C=O) groups is 3. The van der Waals surface area contributed by atoms with Crippen molar-refractivity contribution in [1.82, 2.24) is 10.6 Å². The number of carboxylic acid groups (broad SMARTS) is 1. The van der Waals surface area contributed by atoms with Crippen LogP contribution >= 0.6 is 0 Å². The maximum Gasteiger partial charge on any atom is 0.408 e. The summed E-state index contributed by atoms with van der Waals surface area (Å²) in [5.74, 6) is -1.84. The average Bonchev–Trinajstić information content (AvgIpc) is 2.65. The Kier molecular flexibility index (Phi) is 6.54. The minimum absolute atomic E-state index is 0.0616. The smallest absolute Gasteiger partial charge is 0.408 e. The summed E-state index contributed by atoms with van der Waals surface area (Å²) in [5.41, 5.74) is -0.123. The van der Waals surface area contributed by atoms with Crippen LogP contribution in [-0.2, 0) is 20.9 Å². The first-order valence-electron chi connectivity index (χ1n) is 8.37. The fourth-order valence-corrected chi connectivity index (χ4v) is 2.32. The number of hydrogen-bond donors (Lipinski definition) is 3. The molecule has 2 rings (SSSR count). The average molecular weight is 370 g/mol. The Balaban J connectivity index is 1.96. The molecule has 2 aromatic rings. The van der Waals surface area contributed by atoms with Crippen LogP contribution in [0.4, 0.5) is 4.79 Å². The Morgan fingerprint density at radius 3 is 2.11 bits per heavy atom. The Morgan fingerprint density at radius 1 is 1.00 bits per heavy atom. The number of alkyl carbamates (subject to hydrolysis) is 1. The first-order valence-corrected chi connectivity index (χ1v) is 8.37. The topological polar surface area (TPSA) is 105 Å². The van der Waals surface area contributed by atoms with Gasteiger partial charge in [-0.25, -0.2) is 9.59 Å². The van der Waals surface area contributed by atoms with Gasteiger partial charge in [0, 0.05) is 0 Å². The first-order chi connectivity index (χ1) is 12.8. The highest BCUT2D eigenvalue weighted by atomic mass is 16.5. The van der Waals surface area contributed by atoms with Crippen LogP contribution in [0.15, 0.2) is 60.7 Å². The number of amides is 2. The predicted octanol–water partition coefficient (Wildman–Crippen LogP) is 2.63.